The van der Waals surface area contributed by atoms with Gasteiger partial charge in [-0.1, -0.05) is 30.3 Å². The van der Waals surface area contributed by atoms with E-state index in [1.807, 2.05) is 0 Å². The van der Waals surface area contributed by atoms with Crippen molar-refractivity contribution in [3.63, 3.8) is 0 Å². The largest absolute Gasteiger partial charge is 0.352 e. The monoisotopic (exact) mass is 275 g/mol. The fourth-order valence-corrected chi connectivity index (χ4v) is 2.84. The lowest BCUT2D eigenvalue weighted by atomic mass is 9.97. The molecule has 0 bridgehead atoms. The van der Waals surface area contributed by atoms with Crippen LogP contribution in [0, 0.1) is 0 Å². The zero-order chi connectivity index (χ0) is 14.4. The molecular weight excluding hydrogens is 250 g/mol. The van der Waals surface area contributed by atoms with E-state index in [4.69, 9.17) is 0 Å². The minimum absolute atomic E-state index is 0.0983. The van der Waals surface area contributed by atoms with E-state index in [9.17, 15) is 4.79 Å². The maximum Gasteiger partial charge on any atom is 0.234 e. The second kappa shape index (κ2) is 7.41. The van der Waals surface area contributed by atoms with Crippen molar-refractivity contribution in [2.75, 3.05) is 20.1 Å². The summed E-state index contributed by atoms with van der Waals surface area (Å²) in [5.41, 5.74) is 1.36. The highest BCUT2D eigenvalue weighted by Gasteiger charge is 2.26. The highest BCUT2D eigenvalue weighted by Crippen LogP contribution is 2.19. The molecule has 0 aliphatic carbocycles. The highest BCUT2D eigenvalue weighted by molar-refractivity contribution is 5.78. The van der Waals surface area contributed by atoms with Gasteiger partial charge in [-0.15, -0.1) is 0 Å². The number of hydrogen-bond acceptors (Lipinski definition) is 3. The molecule has 20 heavy (non-hydrogen) atoms. The van der Waals surface area contributed by atoms with E-state index in [2.05, 4.69) is 52.8 Å². The Bertz CT molecular complexity index is 421. The molecule has 1 aliphatic rings. The van der Waals surface area contributed by atoms with Crippen LogP contribution < -0.4 is 10.6 Å². The first kappa shape index (κ1) is 15.0. The summed E-state index contributed by atoms with van der Waals surface area (Å²) < 4.78 is 0. The van der Waals surface area contributed by atoms with Gasteiger partial charge in [0, 0.05) is 25.2 Å². The van der Waals surface area contributed by atoms with E-state index in [0.29, 0.717) is 18.6 Å². The first-order chi connectivity index (χ1) is 9.69. The summed E-state index contributed by atoms with van der Waals surface area (Å²) in [6.45, 7) is 4.69. The van der Waals surface area contributed by atoms with Crippen LogP contribution in [0.1, 0.15) is 25.3 Å². The van der Waals surface area contributed by atoms with Crippen molar-refractivity contribution < 1.29 is 4.79 Å². The smallest absolute Gasteiger partial charge is 0.234 e. The van der Waals surface area contributed by atoms with Crippen molar-refractivity contribution in [2.45, 2.75) is 38.4 Å². The number of nitrogens with one attached hydrogen (secondary N) is 2. The molecule has 2 N–H and O–H groups in total. The molecular formula is C16H25N3O. The van der Waals surface area contributed by atoms with Crippen LogP contribution in [0.3, 0.4) is 0 Å². The maximum absolute atomic E-state index is 11.6. The summed E-state index contributed by atoms with van der Waals surface area (Å²) in [6.07, 6.45) is 2.06. The van der Waals surface area contributed by atoms with Crippen LogP contribution in [0.5, 0.6) is 0 Å². The Hall–Kier alpha value is -1.39. The third kappa shape index (κ3) is 4.32. The van der Waals surface area contributed by atoms with Gasteiger partial charge in [-0.2, -0.15) is 0 Å². The molecule has 1 heterocycles. The van der Waals surface area contributed by atoms with Gasteiger partial charge >= 0.3 is 0 Å². The quantitative estimate of drug-likeness (QED) is 0.853. The fraction of sp³-hybridized carbons (Fsp3) is 0.562. The molecule has 0 radical (unpaired) electrons. The van der Waals surface area contributed by atoms with Gasteiger partial charge in [0.25, 0.3) is 0 Å². The molecule has 1 aliphatic heterocycles. The van der Waals surface area contributed by atoms with Crippen molar-refractivity contribution in [1.29, 1.82) is 0 Å². The lowest BCUT2D eigenvalue weighted by Crippen LogP contribution is -2.49. The Kier molecular flexibility index (Phi) is 5.56. The van der Waals surface area contributed by atoms with E-state index in [0.717, 1.165) is 25.9 Å². The Morgan fingerprint density at radius 1 is 1.35 bits per heavy atom. The fourth-order valence-electron chi connectivity index (χ4n) is 2.84. The van der Waals surface area contributed by atoms with Crippen LogP contribution in [-0.2, 0) is 11.3 Å². The first-order valence-electron chi connectivity index (χ1n) is 7.41. The predicted molar refractivity (Wildman–Crippen MR) is 81.4 cm³/mol. The summed E-state index contributed by atoms with van der Waals surface area (Å²) >= 11 is 0. The Morgan fingerprint density at radius 3 is 2.75 bits per heavy atom. The number of rotatable bonds is 5. The standard InChI is InChI=1S/C16H25N3O/c1-13-10-15(18-16(20)11-17-2)8-9-19(13)12-14-6-4-3-5-7-14/h3-7,13,15,17H,8-12H2,1-2H3,(H,18,20)/t13-,15-/m0/s1. The van der Waals surface area contributed by atoms with E-state index in [-0.39, 0.29) is 5.91 Å². The number of benzene rings is 1. The number of carbonyl (C=O) groups is 1. The number of piperidine rings is 1. The topological polar surface area (TPSA) is 44.4 Å². The lowest BCUT2D eigenvalue weighted by molar-refractivity contribution is -0.121. The van der Waals surface area contributed by atoms with Crippen LogP contribution in [0.15, 0.2) is 30.3 Å². The molecule has 1 amide bonds. The molecule has 0 spiro atoms. The molecule has 2 rings (SSSR count). The molecule has 4 heteroatoms. The minimum Gasteiger partial charge on any atom is -0.352 e. The lowest BCUT2D eigenvalue weighted by Gasteiger charge is -2.38. The van der Waals surface area contributed by atoms with Crippen molar-refractivity contribution in [3.05, 3.63) is 35.9 Å². The summed E-state index contributed by atoms with van der Waals surface area (Å²) in [4.78, 5) is 14.1. The molecule has 0 unspecified atom stereocenters. The van der Waals surface area contributed by atoms with E-state index < -0.39 is 0 Å². The number of hydrogen-bond donors (Lipinski definition) is 2. The summed E-state index contributed by atoms with van der Waals surface area (Å²) in [6, 6.07) is 11.4. The van der Waals surface area contributed by atoms with E-state index >= 15 is 0 Å². The second-order valence-electron chi connectivity index (χ2n) is 5.62. The zero-order valence-corrected chi connectivity index (χ0v) is 12.4. The Labute approximate surface area is 121 Å². The molecule has 1 aromatic rings. The molecule has 1 aromatic carbocycles. The van der Waals surface area contributed by atoms with Crippen LogP contribution >= 0.6 is 0 Å². The van der Waals surface area contributed by atoms with E-state index in [1.54, 1.807) is 7.05 Å². The summed E-state index contributed by atoms with van der Waals surface area (Å²) in [7, 11) is 1.80. The number of likely N-dealkylation sites (tertiary alicyclic amines) is 1. The summed E-state index contributed by atoms with van der Waals surface area (Å²) in [5, 5.41) is 5.99. The van der Waals surface area contributed by atoms with Crippen LogP contribution in [0.2, 0.25) is 0 Å². The zero-order valence-electron chi connectivity index (χ0n) is 12.4. The first-order valence-corrected chi connectivity index (χ1v) is 7.41. The number of likely N-dealkylation sites (N-methyl/N-ethyl adjacent to an activating group) is 1. The maximum atomic E-state index is 11.6. The van der Waals surface area contributed by atoms with Gasteiger partial charge in [0.1, 0.15) is 0 Å². The van der Waals surface area contributed by atoms with Gasteiger partial charge in [-0.05, 0) is 32.4 Å². The molecule has 0 saturated carbocycles. The van der Waals surface area contributed by atoms with Gasteiger partial charge < -0.3 is 10.6 Å². The molecule has 1 fully saturated rings. The summed E-state index contributed by atoms with van der Waals surface area (Å²) in [5.74, 6) is 0.0983. The molecule has 4 nitrogen and oxygen atoms in total. The number of amides is 1. The predicted octanol–water partition coefficient (Wildman–Crippen LogP) is 1.38. The SMILES string of the molecule is CNCC(=O)N[C@H]1CCN(Cc2ccccc2)[C@@H](C)C1. The Morgan fingerprint density at radius 2 is 2.10 bits per heavy atom. The van der Waals surface area contributed by atoms with Gasteiger partial charge in [-0.25, -0.2) is 0 Å². The average Bonchev–Trinajstić information content (AvgIpc) is 2.43. The van der Waals surface area contributed by atoms with Crippen molar-refractivity contribution in [1.82, 2.24) is 15.5 Å². The molecule has 110 valence electrons. The molecule has 0 aromatic heterocycles. The van der Waals surface area contributed by atoms with Gasteiger partial charge in [0.05, 0.1) is 6.54 Å². The number of carbonyl (C=O) groups excluding carboxylic acids is 1. The van der Waals surface area contributed by atoms with Crippen molar-refractivity contribution in [2.24, 2.45) is 0 Å². The van der Waals surface area contributed by atoms with Gasteiger partial charge in [0.2, 0.25) is 5.91 Å². The third-order valence-electron chi connectivity index (χ3n) is 3.94. The Balaban J connectivity index is 1.82. The average molecular weight is 275 g/mol. The number of nitrogens with zero attached hydrogens (tertiary/aromatic N) is 1. The van der Waals surface area contributed by atoms with Gasteiger partial charge in [-0.3, -0.25) is 9.69 Å². The van der Waals surface area contributed by atoms with Gasteiger partial charge in [0.15, 0.2) is 0 Å². The van der Waals surface area contributed by atoms with E-state index in [1.165, 1.54) is 5.56 Å². The second-order valence-corrected chi connectivity index (χ2v) is 5.62. The van der Waals surface area contributed by atoms with Crippen LogP contribution in [-0.4, -0.2) is 43.0 Å². The normalized spacial score (nSPS) is 23.5. The van der Waals surface area contributed by atoms with Crippen molar-refractivity contribution >= 4 is 5.91 Å². The highest BCUT2D eigenvalue weighted by atomic mass is 16.1. The molecule has 2 atom stereocenters. The minimum atomic E-state index is 0.0983. The van der Waals surface area contributed by atoms with Crippen LogP contribution in [0.4, 0.5) is 0 Å². The molecule has 1 saturated heterocycles. The third-order valence-corrected chi connectivity index (χ3v) is 3.94. The van der Waals surface area contributed by atoms with Crippen molar-refractivity contribution in [3.8, 4) is 0 Å². The van der Waals surface area contributed by atoms with Crippen LogP contribution in [0.25, 0.3) is 0 Å².